The van der Waals surface area contributed by atoms with Gasteiger partial charge in [0.15, 0.2) is 0 Å². The third-order valence-corrected chi connectivity index (χ3v) is 2.32. The maximum atomic E-state index is 5.63. The van der Waals surface area contributed by atoms with Gasteiger partial charge in [0.25, 0.3) is 0 Å². The Kier molecular flexibility index (Phi) is 2.00. The molecule has 0 radical (unpaired) electrons. The van der Waals surface area contributed by atoms with E-state index in [0.29, 0.717) is 5.82 Å². The molecular weight excluding hydrogens is 174 g/mol. The zero-order valence-electron chi connectivity index (χ0n) is 8.36. The second kappa shape index (κ2) is 3.18. The van der Waals surface area contributed by atoms with Gasteiger partial charge >= 0.3 is 0 Å². The third-order valence-electron chi connectivity index (χ3n) is 2.32. The Bertz CT molecular complexity index is 457. The van der Waals surface area contributed by atoms with Crippen LogP contribution in [0.1, 0.15) is 5.56 Å². The van der Waals surface area contributed by atoms with Crippen molar-refractivity contribution in [1.82, 2.24) is 9.78 Å². The molecule has 72 valence electrons. The predicted molar refractivity (Wildman–Crippen MR) is 57.8 cm³/mol. The zero-order chi connectivity index (χ0) is 10.1. The van der Waals surface area contributed by atoms with E-state index in [1.807, 2.05) is 25.2 Å². The predicted octanol–water partition coefficient (Wildman–Crippen LogP) is 1.98. The Morgan fingerprint density at radius 2 is 2.00 bits per heavy atom. The van der Waals surface area contributed by atoms with Crippen molar-refractivity contribution in [3.05, 3.63) is 35.9 Å². The standard InChI is InChI=1S/C11H13N3/c1-8-5-3-4-6-9(8)10-7-11(12)13-14(10)2/h3-7H,1-2H3,(H2,12,13). The minimum absolute atomic E-state index is 0.561. The van der Waals surface area contributed by atoms with E-state index >= 15 is 0 Å². The van der Waals surface area contributed by atoms with Crippen LogP contribution in [0.25, 0.3) is 11.3 Å². The van der Waals surface area contributed by atoms with Gasteiger partial charge in [-0.3, -0.25) is 4.68 Å². The third kappa shape index (κ3) is 1.37. The average molecular weight is 187 g/mol. The van der Waals surface area contributed by atoms with E-state index in [1.165, 1.54) is 11.1 Å². The first kappa shape index (κ1) is 8.81. The van der Waals surface area contributed by atoms with E-state index < -0.39 is 0 Å². The molecule has 1 heterocycles. The Balaban J connectivity index is 2.60. The summed E-state index contributed by atoms with van der Waals surface area (Å²) in [6, 6.07) is 10.1. The van der Waals surface area contributed by atoms with Gasteiger partial charge in [-0.25, -0.2) is 0 Å². The summed E-state index contributed by atoms with van der Waals surface area (Å²) in [5, 5.41) is 4.12. The summed E-state index contributed by atoms with van der Waals surface area (Å²) in [6.45, 7) is 2.08. The van der Waals surface area contributed by atoms with Crippen LogP contribution >= 0.6 is 0 Å². The van der Waals surface area contributed by atoms with Gasteiger partial charge in [0.2, 0.25) is 0 Å². The van der Waals surface area contributed by atoms with Crippen LogP contribution in [0.2, 0.25) is 0 Å². The molecule has 0 saturated carbocycles. The monoisotopic (exact) mass is 187 g/mol. The topological polar surface area (TPSA) is 43.8 Å². The van der Waals surface area contributed by atoms with Gasteiger partial charge in [0.1, 0.15) is 5.82 Å². The first-order valence-corrected chi connectivity index (χ1v) is 4.54. The molecule has 0 aliphatic carbocycles. The number of aryl methyl sites for hydroxylation is 2. The number of anilines is 1. The van der Waals surface area contributed by atoms with Crippen molar-refractivity contribution < 1.29 is 0 Å². The lowest BCUT2D eigenvalue weighted by Gasteiger charge is -2.04. The van der Waals surface area contributed by atoms with Crippen LogP contribution in [0.3, 0.4) is 0 Å². The summed E-state index contributed by atoms with van der Waals surface area (Å²) in [4.78, 5) is 0. The molecule has 3 nitrogen and oxygen atoms in total. The van der Waals surface area contributed by atoms with E-state index in [9.17, 15) is 0 Å². The number of aromatic nitrogens is 2. The van der Waals surface area contributed by atoms with E-state index in [4.69, 9.17) is 5.73 Å². The summed E-state index contributed by atoms with van der Waals surface area (Å²) in [7, 11) is 1.90. The molecule has 0 aliphatic rings. The number of hydrogen-bond donors (Lipinski definition) is 1. The highest BCUT2D eigenvalue weighted by Gasteiger charge is 2.06. The van der Waals surface area contributed by atoms with E-state index in [1.54, 1.807) is 4.68 Å². The van der Waals surface area contributed by atoms with Crippen molar-refractivity contribution in [2.24, 2.45) is 7.05 Å². The van der Waals surface area contributed by atoms with Crippen LogP contribution in [-0.4, -0.2) is 9.78 Å². The van der Waals surface area contributed by atoms with E-state index in [0.717, 1.165) is 5.69 Å². The van der Waals surface area contributed by atoms with Gasteiger partial charge in [-0.15, -0.1) is 0 Å². The molecule has 2 rings (SSSR count). The van der Waals surface area contributed by atoms with Crippen molar-refractivity contribution in [2.75, 3.05) is 5.73 Å². The molecule has 3 heteroatoms. The molecule has 1 aromatic carbocycles. The maximum absolute atomic E-state index is 5.63. The van der Waals surface area contributed by atoms with Crippen LogP contribution in [0.5, 0.6) is 0 Å². The van der Waals surface area contributed by atoms with Crippen molar-refractivity contribution in [1.29, 1.82) is 0 Å². The average Bonchev–Trinajstić information content (AvgIpc) is 2.46. The highest BCUT2D eigenvalue weighted by molar-refractivity contribution is 5.66. The molecule has 0 spiro atoms. The number of rotatable bonds is 1. The van der Waals surface area contributed by atoms with Crippen LogP contribution in [0.4, 0.5) is 5.82 Å². The molecule has 14 heavy (non-hydrogen) atoms. The van der Waals surface area contributed by atoms with Gasteiger partial charge < -0.3 is 5.73 Å². The first-order chi connectivity index (χ1) is 6.68. The molecule has 0 atom stereocenters. The number of benzene rings is 1. The normalized spacial score (nSPS) is 10.4. The molecule has 1 aromatic heterocycles. The SMILES string of the molecule is Cc1ccccc1-c1cc(N)nn1C. The lowest BCUT2D eigenvalue weighted by molar-refractivity contribution is 0.780. The fourth-order valence-electron chi connectivity index (χ4n) is 1.60. The van der Waals surface area contributed by atoms with Crippen molar-refractivity contribution in [2.45, 2.75) is 6.92 Å². The highest BCUT2D eigenvalue weighted by atomic mass is 15.3. The molecule has 0 aliphatic heterocycles. The summed E-state index contributed by atoms with van der Waals surface area (Å²) in [5.41, 5.74) is 9.10. The van der Waals surface area contributed by atoms with Crippen LogP contribution in [0.15, 0.2) is 30.3 Å². The van der Waals surface area contributed by atoms with E-state index in [-0.39, 0.29) is 0 Å². The molecule has 0 saturated heterocycles. The minimum atomic E-state index is 0.561. The lowest BCUT2D eigenvalue weighted by atomic mass is 10.1. The van der Waals surface area contributed by atoms with Crippen LogP contribution in [-0.2, 0) is 7.05 Å². The minimum Gasteiger partial charge on any atom is -0.382 e. The summed E-state index contributed by atoms with van der Waals surface area (Å²) in [5.74, 6) is 0.561. The molecule has 2 N–H and O–H groups in total. The Labute approximate surface area is 83.2 Å². The molecule has 2 aromatic rings. The second-order valence-electron chi connectivity index (χ2n) is 3.39. The summed E-state index contributed by atoms with van der Waals surface area (Å²) in [6.07, 6.45) is 0. The molecular formula is C11H13N3. The van der Waals surface area contributed by atoms with Gasteiger partial charge in [-0.05, 0) is 12.5 Å². The van der Waals surface area contributed by atoms with Crippen molar-refractivity contribution >= 4 is 5.82 Å². The fraction of sp³-hybridized carbons (Fsp3) is 0.182. The Morgan fingerprint density at radius 3 is 2.57 bits per heavy atom. The van der Waals surface area contributed by atoms with Crippen molar-refractivity contribution in [3.63, 3.8) is 0 Å². The molecule has 0 fully saturated rings. The van der Waals surface area contributed by atoms with Gasteiger partial charge in [0, 0.05) is 18.7 Å². The summed E-state index contributed by atoms with van der Waals surface area (Å²) < 4.78 is 1.80. The highest BCUT2D eigenvalue weighted by Crippen LogP contribution is 2.23. The smallest absolute Gasteiger partial charge is 0.146 e. The van der Waals surface area contributed by atoms with Crippen LogP contribution < -0.4 is 5.73 Å². The Hall–Kier alpha value is -1.77. The van der Waals surface area contributed by atoms with Gasteiger partial charge in [-0.1, -0.05) is 24.3 Å². The van der Waals surface area contributed by atoms with E-state index in [2.05, 4.69) is 24.2 Å². The van der Waals surface area contributed by atoms with Crippen molar-refractivity contribution in [3.8, 4) is 11.3 Å². The number of nitrogen functional groups attached to an aromatic ring is 1. The number of nitrogens with two attached hydrogens (primary N) is 1. The quantitative estimate of drug-likeness (QED) is 0.741. The lowest BCUT2D eigenvalue weighted by Crippen LogP contribution is -1.95. The second-order valence-corrected chi connectivity index (χ2v) is 3.39. The first-order valence-electron chi connectivity index (χ1n) is 4.54. The molecule has 0 unspecified atom stereocenters. The molecule has 0 bridgehead atoms. The fourth-order valence-corrected chi connectivity index (χ4v) is 1.60. The van der Waals surface area contributed by atoms with Crippen LogP contribution in [0, 0.1) is 6.92 Å². The summed E-state index contributed by atoms with van der Waals surface area (Å²) >= 11 is 0. The largest absolute Gasteiger partial charge is 0.382 e. The zero-order valence-corrected chi connectivity index (χ0v) is 8.36. The van der Waals surface area contributed by atoms with Gasteiger partial charge in [-0.2, -0.15) is 5.10 Å². The number of hydrogen-bond acceptors (Lipinski definition) is 2. The Morgan fingerprint density at radius 1 is 1.29 bits per heavy atom. The van der Waals surface area contributed by atoms with Gasteiger partial charge in [0.05, 0.1) is 5.69 Å². The number of nitrogens with zero attached hydrogens (tertiary/aromatic N) is 2. The molecule has 0 amide bonds. The maximum Gasteiger partial charge on any atom is 0.146 e.